The predicted octanol–water partition coefficient (Wildman–Crippen LogP) is 4.53. The molecule has 4 nitrogen and oxygen atoms in total. The van der Waals surface area contributed by atoms with Crippen LogP contribution in [0.5, 0.6) is 0 Å². The van der Waals surface area contributed by atoms with Crippen LogP contribution in [0, 0.1) is 12.7 Å². The Morgan fingerprint density at radius 3 is 2.46 bits per heavy atom. The van der Waals surface area contributed by atoms with Gasteiger partial charge in [0.2, 0.25) is 0 Å². The van der Waals surface area contributed by atoms with Gasteiger partial charge in [0.1, 0.15) is 11.6 Å². The van der Waals surface area contributed by atoms with Gasteiger partial charge >= 0.3 is 0 Å². The first-order valence-corrected chi connectivity index (χ1v) is 7.47. The largest absolute Gasteiger partial charge is 0.340 e. The van der Waals surface area contributed by atoms with Crippen LogP contribution in [0.15, 0.2) is 66.9 Å². The number of hydrogen-bond acceptors (Lipinski definition) is 3. The fourth-order valence-corrected chi connectivity index (χ4v) is 2.16. The van der Waals surface area contributed by atoms with Gasteiger partial charge in [-0.3, -0.25) is 4.79 Å². The van der Waals surface area contributed by atoms with Crippen molar-refractivity contribution >= 4 is 23.1 Å². The number of aryl methyl sites for hydroxylation is 1. The van der Waals surface area contributed by atoms with Crippen molar-refractivity contribution in [2.45, 2.75) is 6.92 Å². The van der Waals surface area contributed by atoms with Gasteiger partial charge < -0.3 is 10.6 Å². The number of carbonyl (C=O) groups is 1. The van der Waals surface area contributed by atoms with Crippen LogP contribution in [0.3, 0.4) is 0 Å². The number of halogens is 1. The molecule has 0 aliphatic heterocycles. The number of pyridine rings is 1. The number of amides is 1. The molecule has 0 saturated heterocycles. The molecule has 120 valence electrons. The molecule has 0 spiro atoms. The second-order valence-corrected chi connectivity index (χ2v) is 5.39. The number of aromatic nitrogens is 1. The predicted molar refractivity (Wildman–Crippen MR) is 93.1 cm³/mol. The summed E-state index contributed by atoms with van der Waals surface area (Å²) in [5.41, 5.74) is 2.88. The minimum absolute atomic E-state index is 0.192. The molecule has 3 aromatic rings. The fourth-order valence-electron chi connectivity index (χ4n) is 2.16. The SMILES string of the molecule is Cc1ccc(C(=O)Nc2ccc(Nc3cccc(F)c3)nc2)cc1. The van der Waals surface area contributed by atoms with Gasteiger partial charge in [-0.05, 0) is 49.4 Å². The van der Waals surface area contributed by atoms with Crippen LogP contribution in [0.4, 0.5) is 21.6 Å². The third-order valence-electron chi connectivity index (χ3n) is 3.43. The molecule has 5 heteroatoms. The molecule has 0 atom stereocenters. The van der Waals surface area contributed by atoms with Crippen LogP contribution in [0.2, 0.25) is 0 Å². The number of carbonyl (C=O) groups excluding carboxylic acids is 1. The zero-order valence-electron chi connectivity index (χ0n) is 13.1. The van der Waals surface area contributed by atoms with Gasteiger partial charge in [0.25, 0.3) is 5.91 Å². The topological polar surface area (TPSA) is 54.0 Å². The minimum Gasteiger partial charge on any atom is -0.340 e. The summed E-state index contributed by atoms with van der Waals surface area (Å²) in [5, 5.41) is 5.79. The number of anilines is 3. The maximum atomic E-state index is 13.2. The van der Waals surface area contributed by atoms with E-state index in [-0.39, 0.29) is 11.7 Å². The second kappa shape index (κ2) is 6.91. The van der Waals surface area contributed by atoms with Gasteiger partial charge in [-0.1, -0.05) is 23.8 Å². The van der Waals surface area contributed by atoms with Crippen LogP contribution in [0.1, 0.15) is 15.9 Å². The molecule has 0 fully saturated rings. The Morgan fingerprint density at radius 2 is 1.79 bits per heavy atom. The zero-order valence-corrected chi connectivity index (χ0v) is 13.1. The lowest BCUT2D eigenvalue weighted by Crippen LogP contribution is -2.12. The van der Waals surface area contributed by atoms with Crippen molar-refractivity contribution in [3.05, 3.63) is 83.8 Å². The van der Waals surface area contributed by atoms with Crippen LogP contribution in [0.25, 0.3) is 0 Å². The van der Waals surface area contributed by atoms with Crippen LogP contribution in [-0.2, 0) is 0 Å². The number of hydrogen-bond donors (Lipinski definition) is 2. The first-order chi connectivity index (χ1) is 11.6. The van der Waals surface area contributed by atoms with E-state index in [0.29, 0.717) is 22.8 Å². The number of nitrogens with zero attached hydrogens (tertiary/aromatic N) is 1. The Balaban J connectivity index is 1.66. The third kappa shape index (κ3) is 3.95. The minimum atomic E-state index is -0.318. The monoisotopic (exact) mass is 321 g/mol. The van der Waals surface area contributed by atoms with Crippen LogP contribution >= 0.6 is 0 Å². The van der Waals surface area contributed by atoms with E-state index in [1.54, 1.807) is 42.6 Å². The second-order valence-electron chi connectivity index (χ2n) is 5.39. The lowest BCUT2D eigenvalue weighted by Gasteiger charge is -2.08. The van der Waals surface area contributed by atoms with Crippen molar-refractivity contribution in [3.8, 4) is 0 Å². The molecule has 1 heterocycles. The van der Waals surface area contributed by atoms with E-state index in [0.717, 1.165) is 5.56 Å². The van der Waals surface area contributed by atoms with Crippen molar-refractivity contribution in [2.75, 3.05) is 10.6 Å². The number of rotatable bonds is 4. The lowest BCUT2D eigenvalue weighted by atomic mass is 10.1. The number of nitrogens with one attached hydrogen (secondary N) is 2. The highest BCUT2D eigenvalue weighted by Crippen LogP contribution is 2.17. The maximum absolute atomic E-state index is 13.2. The van der Waals surface area contributed by atoms with Crippen LogP contribution in [-0.4, -0.2) is 10.9 Å². The molecule has 0 unspecified atom stereocenters. The van der Waals surface area contributed by atoms with Gasteiger partial charge in [-0.15, -0.1) is 0 Å². The Morgan fingerprint density at radius 1 is 1.00 bits per heavy atom. The summed E-state index contributed by atoms with van der Waals surface area (Å²) in [6, 6.07) is 16.9. The summed E-state index contributed by atoms with van der Waals surface area (Å²) in [6.07, 6.45) is 1.55. The highest BCUT2D eigenvalue weighted by molar-refractivity contribution is 6.04. The molecule has 0 aliphatic carbocycles. The van der Waals surface area contributed by atoms with Crippen molar-refractivity contribution in [2.24, 2.45) is 0 Å². The average Bonchev–Trinajstić information content (AvgIpc) is 2.57. The normalized spacial score (nSPS) is 10.2. The molecule has 3 rings (SSSR count). The molecule has 24 heavy (non-hydrogen) atoms. The molecule has 1 aromatic heterocycles. The Kier molecular flexibility index (Phi) is 4.52. The van der Waals surface area contributed by atoms with Crippen molar-refractivity contribution in [3.63, 3.8) is 0 Å². The molecule has 0 bridgehead atoms. The summed E-state index contributed by atoms with van der Waals surface area (Å²) >= 11 is 0. The van der Waals surface area contributed by atoms with E-state index in [2.05, 4.69) is 15.6 Å². The van der Waals surface area contributed by atoms with E-state index in [1.165, 1.54) is 12.1 Å². The maximum Gasteiger partial charge on any atom is 0.255 e. The molecular weight excluding hydrogens is 305 g/mol. The summed E-state index contributed by atoms with van der Waals surface area (Å²) in [6.45, 7) is 1.97. The highest BCUT2D eigenvalue weighted by atomic mass is 19.1. The van der Waals surface area contributed by atoms with Gasteiger partial charge in [-0.2, -0.15) is 0 Å². The average molecular weight is 321 g/mol. The quantitative estimate of drug-likeness (QED) is 0.742. The molecule has 0 aliphatic rings. The highest BCUT2D eigenvalue weighted by Gasteiger charge is 2.06. The van der Waals surface area contributed by atoms with E-state index in [1.807, 2.05) is 19.1 Å². The van der Waals surface area contributed by atoms with Crippen molar-refractivity contribution < 1.29 is 9.18 Å². The van der Waals surface area contributed by atoms with E-state index in [9.17, 15) is 9.18 Å². The molecule has 2 aromatic carbocycles. The van der Waals surface area contributed by atoms with E-state index >= 15 is 0 Å². The van der Waals surface area contributed by atoms with Gasteiger partial charge in [0.15, 0.2) is 0 Å². The first-order valence-electron chi connectivity index (χ1n) is 7.47. The molecule has 0 radical (unpaired) electrons. The Hall–Kier alpha value is -3.21. The standard InChI is InChI=1S/C19H16FN3O/c1-13-5-7-14(8-6-13)19(24)23-17-9-10-18(21-12-17)22-16-4-2-3-15(20)11-16/h2-12H,1H3,(H,21,22)(H,23,24). The Labute approximate surface area is 139 Å². The zero-order chi connectivity index (χ0) is 16.9. The van der Waals surface area contributed by atoms with Gasteiger partial charge in [0.05, 0.1) is 11.9 Å². The molecule has 2 N–H and O–H groups in total. The van der Waals surface area contributed by atoms with E-state index in [4.69, 9.17) is 0 Å². The van der Waals surface area contributed by atoms with Crippen molar-refractivity contribution in [1.82, 2.24) is 4.98 Å². The molecule has 0 saturated carbocycles. The van der Waals surface area contributed by atoms with Gasteiger partial charge in [-0.25, -0.2) is 9.37 Å². The molecular formula is C19H16FN3O. The van der Waals surface area contributed by atoms with Crippen LogP contribution < -0.4 is 10.6 Å². The molecule has 1 amide bonds. The summed E-state index contributed by atoms with van der Waals surface area (Å²) in [7, 11) is 0. The summed E-state index contributed by atoms with van der Waals surface area (Å²) in [4.78, 5) is 16.4. The van der Waals surface area contributed by atoms with Crippen molar-refractivity contribution in [1.29, 1.82) is 0 Å². The van der Waals surface area contributed by atoms with E-state index < -0.39 is 0 Å². The first kappa shape index (κ1) is 15.7. The summed E-state index contributed by atoms with van der Waals surface area (Å²) < 4.78 is 13.2. The smallest absolute Gasteiger partial charge is 0.255 e. The lowest BCUT2D eigenvalue weighted by molar-refractivity contribution is 0.102. The summed E-state index contributed by atoms with van der Waals surface area (Å²) in [5.74, 6) is 0.0542. The fraction of sp³-hybridized carbons (Fsp3) is 0.0526. The number of benzene rings is 2. The van der Waals surface area contributed by atoms with Gasteiger partial charge in [0, 0.05) is 11.3 Å². The Bertz CT molecular complexity index is 845. The third-order valence-corrected chi connectivity index (χ3v) is 3.43.